The monoisotopic (exact) mass is 484 g/mol. The molecule has 2 aromatic rings. The van der Waals surface area contributed by atoms with Crippen LogP contribution >= 0.6 is 0 Å². The fourth-order valence-corrected chi connectivity index (χ4v) is 5.71. The molecule has 190 valence electrons. The van der Waals surface area contributed by atoms with Gasteiger partial charge >= 0.3 is 12.1 Å². The van der Waals surface area contributed by atoms with E-state index >= 15 is 0 Å². The highest BCUT2D eigenvalue weighted by Crippen LogP contribution is 2.59. The first-order valence-electron chi connectivity index (χ1n) is 12.0. The number of nitrogens with zero attached hydrogens (tertiary/aromatic N) is 1. The molecule has 1 aliphatic carbocycles. The molecule has 1 aromatic heterocycles. The van der Waals surface area contributed by atoms with Gasteiger partial charge in [0.2, 0.25) is 0 Å². The summed E-state index contributed by atoms with van der Waals surface area (Å²) < 4.78 is 11.5. The molecule has 3 unspecified atom stereocenters. The number of amides is 1. The number of hydrogen-bond acceptors (Lipinski definition) is 6. The average Bonchev–Trinajstić information content (AvgIpc) is 3.11. The topological polar surface area (TPSA) is 112 Å². The zero-order valence-corrected chi connectivity index (χ0v) is 21.3. The Bertz CT molecular complexity index is 1170. The van der Waals surface area contributed by atoms with E-state index in [9.17, 15) is 19.8 Å². The number of para-hydroxylation sites is 1. The van der Waals surface area contributed by atoms with E-state index in [4.69, 9.17) is 9.47 Å². The SMILES string of the molecule is C=CC1(O)C2c3c([nH]c4ccccc34)[C@@](CO)(C(=O)OC(C)(C)C)C1CCN2C(=O)OC(C)(C)C. The lowest BCUT2D eigenvalue weighted by molar-refractivity contribution is -0.184. The number of benzene rings is 1. The summed E-state index contributed by atoms with van der Waals surface area (Å²) in [5.74, 6) is -1.42. The van der Waals surface area contributed by atoms with E-state index in [1.54, 1.807) is 41.5 Å². The summed E-state index contributed by atoms with van der Waals surface area (Å²) in [5, 5.41) is 23.8. The second-order valence-corrected chi connectivity index (χ2v) is 11.6. The third kappa shape index (κ3) is 3.83. The highest BCUT2D eigenvalue weighted by Gasteiger charge is 2.67. The van der Waals surface area contributed by atoms with Gasteiger partial charge in [-0.15, -0.1) is 6.58 Å². The number of ether oxygens (including phenoxy) is 2. The summed E-state index contributed by atoms with van der Waals surface area (Å²) in [4.78, 5) is 32.1. The number of carbonyl (C=O) groups is 2. The van der Waals surface area contributed by atoms with Crippen molar-refractivity contribution in [1.29, 1.82) is 0 Å². The first kappa shape index (κ1) is 25.3. The van der Waals surface area contributed by atoms with Gasteiger partial charge in [0.1, 0.15) is 22.2 Å². The Hall–Kier alpha value is -2.84. The smallest absolute Gasteiger partial charge is 0.410 e. The largest absolute Gasteiger partial charge is 0.459 e. The summed E-state index contributed by atoms with van der Waals surface area (Å²) in [5.41, 5.74) is -3.12. The summed E-state index contributed by atoms with van der Waals surface area (Å²) in [6.07, 6.45) is 1.05. The molecule has 0 saturated carbocycles. The molecule has 0 radical (unpaired) electrons. The lowest BCUT2D eigenvalue weighted by Gasteiger charge is -2.58. The first-order valence-corrected chi connectivity index (χ1v) is 12.0. The van der Waals surface area contributed by atoms with Crippen LogP contribution in [0.25, 0.3) is 10.9 Å². The second-order valence-electron chi connectivity index (χ2n) is 11.6. The Kier molecular flexibility index (Phi) is 5.84. The number of hydrogen-bond donors (Lipinski definition) is 3. The van der Waals surface area contributed by atoms with Gasteiger partial charge in [0, 0.05) is 34.6 Å². The van der Waals surface area contributed by atoms with E-state index in [0.717, 1.165) is 10.9 Å². The van der Waals surface area contributed by atoms with E-state index in [2.05, 4.69) is 11.6 Å². The number of fused-ring (bicyclic) bond motifs is 6. The molecule has 1 aromatic carbocycles. The molecule has 8 heteroatoms. The van der Waals surface area contributed by atoms with Crippen molar-refractivity contribution in [2.24, 2.45) is 5.92 Å². The number of aliphatic hydroxyl groups excluding tert-OH is 1. The van der Waals surface area contributed by atoms with E-state index in [1.165, 1.54) is 11.0 Å². The van der Waals surface area contributed by atoms with Crippen LogP contribution in [-0.2, 0) is 19.7 Å². The molecule has 1 saturated heterocycles. The van der Waals surface area contributed by atoms with Crippen LogP contribution in [0, 0.1) is 5.92 Å². The van der Waals surface area contributed by atoms with Crippen molar-refractivity contribution < 1.29 is 29.3 Å². The molecule has 3 N–H and O–H groups in total. The molecule has 4 rings (SSSR count). The lowest BCUT2D eigenvalue weighted by Crippen LogP contribution is -2.68. The maximum absolute atomic E-state index is 13.9. The normalized spacial score (nSPS) is 28.4. The van der Waals surface area contributed by atoms with Crippen LogP contribution in [0.1, 0.15) is 65.3 Å². The standard InChI is InChI=1S/C27H36N2O6/c1-8-27(33)18-13-14-29(23(32)35-25(5,6)7)21(27)19-16-11-9-10-12-17(16)28-20(19)26(18,15-30)22(31)34-24(2,3)4/h8-12,18,21,28,30,33H,1,13-15H2,2-7H3/t18?,21?,26-,27?/m0/s1. The van der Waals surface area contributed by atoms with Crippen molar-refractivity contribution in [3.63, 3.8) is 0 Å². The summed E-state index contributed by atoms with van der Waals surface area (Å²) in [6, 6.07) is 6.56. The Morgan fingerprint density at radius 1 is 1.17 bits per heavy atom. The first-order chi connectivity index (χ1) is 16.2. The number of piperidine rings is 1. The summed E-state index contributed by atoms with van der Waals surface area (Å²) in [7, 11) is 0. The van der Waals surface area contributed by atoms with Gasteiger partial charge in [-0.2, -0.15) is 0 Å². The highest BCUT2D eigenvalue weighted by atomic mass is 16.6. The van der Waals surface area contributed by atoms with Crippen LogP contribution in [-0.4, -0.2) is 62.1 Å². The zero-order valence-electron chi connectivity index (χ0n) is 21.3. The summed E-state index contributed by atoms with van der Waals surface area (Å²) in [6.45, 7) is 14.2. The zero-order chi connectivity index (χ0) is 26.0. The van der Waals surface area contributed by atoms with Gasteiger partial charge in [0.25, 0.3) is 0 Å². The Balaban J connectivity index is 2.03. The van der Waals surface area contributed by atoms with Crippen molar-refractivity contribution >= 4 is 23.0 Å². The molecular formula is C27H36N2O6. The van der Waals surface area contributed by atoms with Crippen LogP contribution in [0.4, 0.5) is 4.79 Å². The van der Waals surface area contributed by atoms with Crippen molar-refractivity contribution in [2.45, 2.75) is 76.2 Å². The second kappa shape index (κ2) is 8.10. The molecule has 2 bridgehead atoms. The molecule has 8 nitrogen and oxygen atoms in total. The average molecular weight is 485 g/mol. The number of H-pyrrole nitrogens is 1. The quantitative estimate of drug-likeness (QED) is 0.449. The minimum atomic E-state index is -1.73. The number of aromatic nitrogens is 1. The highest BCUT2D eigenvalue weighted by molar-refractivity contribution is 5.93. The maximum Gasteiger partial charge on any atom is 0.410 e. The maximum atomic E-state index is 13.9. The molecule has 4 atom stereocenters. The molecule has 1 aliphatic heterocycles. The minimum absolute atomic E-state index is 0.226. The van der Waals surface area contributed by atoms with Gasteiger partial charge < -0.3 is 24.7 Å². The number of aliphatic hydroxyl groups is 2. The van der Waals surface area contributed by atoms with Crippen LogP contribution in [0.2, 0.25) is 0 Å². The number of esters is 1. The number of rotatable bonds is 3. The molecule has 1 amide bonds. The van der Waals surface area contributed by atoms with Gasteiger partial charge in [0.15, 0.2) is 0 Å². The van der Waals surface area contributed by atoms with Crippen LogP contribution in [0.5, 0.6) is 0 Å². The Morgan fingerprint density at radius 3 is 2.37 bits per heavy atom. The van der Waals surface area contributed by atoms with Crippen molar-refractivity contribution in [3.8, 4) is 0 Å². The lowest BCUT2D eigenvalue weighted by atomic mass is 9.54. The molecule has 2 heterocycles. The van der Waals surface area contributed by atoms with Gasteiger partial charge in [-0.3, -0.25) is 9.69 Å². The number of carbonyl (C=O) groups excluding carboxylic acids is 2. The van der Waals surface area contributed by atoms with Crippen LogP contribution < -0.4 is 0 Å². The number of aromatic amines is 1. The van der Waals surface area contributed by atoms with Crippen molar-refractivity contribution in [3.05, 3.63) is 48.2 Å². The van der Waals surface area contributed by atoms with Gasteiger partial charge in [0.05, 0.1) is 12.6 Å². The van der Waals surface area contributed by atoms with Crippen molar-refractivity contribution in [1.82, 2.24) is 9.88 Å². The van der Waals surface area contributed by atoms with Crippen LogP contribution in [0.3, 0.4) is 0 Å². The minimum Gasteiger partial charge on any atom is -0.459 e. The van der Waals surface area contributed by atoms with E-state index < -0.39 is 52.8 Å². The third-order valence-corrected chi connectivity index (χ3v) is 6.99. The summed E-state index contributed by atoms with van der Waals surface area (Å²) >= 11 is 0. The van der Waals surface area contributed by atoms with Gasteiger partial charge in [-0.25, -0.2) is 4.79 Å². The molecule has 1 fully saturated rings. The van der Waals surface area contributed by atoms with E-state index in [0.29, 0.717) is 11.3 Å². The molecule has 2 aliphatic rings. The molecular weight excluding hydrogens is 448 g/mol. The van der Waals surface area contributed by atoms with E-state index in [1.807, 2.05) is 24.3 Å². The number of nitrogens with one attached hydrogen (secondary N) is 1. The van der Waals surface area contributed by atoms with Gasteiger partial charge in [-0.05, 0) is 54.0 Å². The Morgan fingerprint density at radius 2 is 1.80 bits per heavy atom. The third-order valence-electron chi connectivity index (χ3n) is 6.99. The van der Waals surface area contributed by atoms with Crippen LogP contribution in [0.15, 0.2) is 36.9 Å². The van der Waals surface area contributed by atoms with Crippen molar-refractivity contribution in [2.75, 3.05) is 13.2 Å². The molecule has 0 spiro atoms. The predicted octanol–water partition coefficient (Wildman–Crippen LogP) is 3.97. The van der Waals surface area contributed by atoms with E-state index in [-0.39, 0.29) is 13.0 Å². The number of likely N-dealkylation sites (tertiary alicyclic amines) is 1. The predicted molar refractivity (Wildman–Crippen MR) is 132 cm³/mol. The fraction of sp³-hybridized carbons (Fsp3) is 0.556. The molecule has 35 heavy (non-hydrogen) atoms. The fourth-order valence-electron chi connectivity index (χ4n) is 5.71. The van der Waals surface area contributed by atoms with Gasteiger partial charge in [-0.1, -0.05) is 24.3 Å². The Labute approximate surface area is 205 Å².